The summed E-state index contributed by atoms with van der Waals surface area (Å²) in [7, 11) is -3.85. The van der Waals surface area contributed by atoms with E-state index in [9.17, 15) is 22.4 Å². The maximum atomic E-state index is 13.6. The summed E-state index contributed by atoms with van der Waals surface area (Å²) in [5.74, 6) is -2.38. The van der Waals surface area contributed by atoms with E-state index in [0.717, 1.165) is 6.07 Å². The third kappa shape index (κ3) is 5.14. The van der Waals surface area contributed by atoms with E-state index in [1.54, 1.807) is 0 Å². The summed E-state index contributed by atoms with van der Waals surface area (Å²) in [6.07, 6.45) is 0. The molecule has 0 aromatic heterocycles. The lowest BCUT2D eigenvalue weighted by atomic mass is 10.2. The third-order valence-electron chi connectivity index (χ3n) is 4.25. The molecule has 1 saturated heterocycles. The molecule has 8 nitrogen and oxygen atoms in total. The first-order chi connectivity index (χ1) is 14.3. The van der Waals surface area contributed by atoms with Gasteiger partial charge < -0.3 is 14.8 Å². The van der Waals surface area contributed by atoms with Crippen molar-refractivity contribution in [2.45, 2.75) is 4.90 Å². The van der Waals surface area contributed by atoms with Crippen molar-refractivity contribution in [3.8, 4) is 0 Å². The fraction of sp³-hybridized carbons (Fsp3) is 0.263. The summed E-state index contributed by atoms with van der Waals surface area (Å²) >= 11 is 6.01. The fourth-order valence-electron chi connectivity index (χ4n) is 2.72. The standard InChI is InChI=1S/C19H18ClFN2O6S/c20-15-6-5-13(30(26,27)23-7-9-28-10-8-23)11-14(15)19(25)29-12-18(24)22-17-4-2-1-3-16(17)21/h1-6,11H,7-10,12H2,(H,22,24). The minimum absolute atomic E-state index is 0.0320. The van der Waals surface area contributed by atoms with Crippen molar-refractivity contribution in [1.82, 2.24) is 4.31 Å². The van der Waals surface area contributed by atoms with E-state index >= 15 is 0 Å². The molecule has 1 heterocycles. The summed E-state index contributed by atoms with van der Waals surface area (Å²) < 4.78 is 50.4. The molecule has 30 heavy (non-hydrogen) atoms. The minimum Gasteiger partial charge on any atom is -0.452 e. The molecule has 0 radical (unpaired) electrons. The Bertz CT molecular complexity index is 1060. The van der Waals surface area contributed by atoms with Crippen molar-refractivity contribution in [2.75, 3.05) is 38.2 Å². The van der Waals surface area contributed by atoms with E-state index in [-0.39, 0.29) is 47.5 Å². The van der Waals surface area contributed by atoms with Gasteiger partial charge in [-0.2, -0.15) is 4.31 Å². The minimum atomic E-state index is -3.85. The van der Waals surface area contributed by atoms with Crippen LogP contribution in [0.15, 0.2) is 47.4 Å². The van der Waals surface area contributed by atoms with Crippen LogP contribution in [0.5, 0.6) is 0 Å². The maximum Gasteiger partial charge on any atom is 0.340 e. The molecule has 2 aromatic carbocycles. The van der Waals surface area contributed by atoms with Crippen LogP contribution in [0.4, 0.5) is 10.1 Å². The number of para-hydroxylation sites is 1. The second-order valence-electron chi connectivity index (χ2n) is 6.26. The van der Waals surface area contributed by atoms with Gasteiger partial charge in [0.15, 0.2) is 6.61 Å². The highest BCUT2D eigenvalue weighted by atomic mass is 35.5. The summed E-state index contributed by atoms with van der Waals surface area (Å²) in [5, 5.41) is 2.24. The molecule has 160 valence electrons. The highest BCUT2D eigenvalue weighted by Crippen LogP contribution is 2.24. The highest BCUT2D eigenvalue weighted by molar-refractivity contribution is 7.89. The number of benzene rings is 2. The molecule has 0 atom stereocenters. The van der Waals surface area contributed by atoms with Crippen LogP contribution in [0.3, 0.4) is 0 Å². The number of anilines is 1. The Kier molecular flexibility index (Phi) is 7.03. The lowest BCUT2D eigenvalue weighted by molar-refractivity contribution is -0.119. The van der Waals surface area contributed by atoms with Gasteiger partial charge in [-0.05, 0) is 30.3 Å². The molecule has 2 aromatic rings. The number of carbonyl (C=O) groups excluding carboxylic acids is 2. The molecule has 0 spiro atoms. The average molecular weight is 457 g/mol. The van der Waals surface area contributed by atoms with Crippen molar-refractivity contribution in [1.29, 1.82) is 0 Å². The van der Waals surface area contributed by atoms with Gasteiger partial charge in [0.1, 0.15) is 5.82 Å². The molecule has 0 aliphatic carbocycles. The van der Waals surface area contributed by atoms with Gasteiger partial charge in [-0.25, -0.2) is 17.6 Å². The summed E-state index contributed by atoms with van der Waals surface area (Å²) in [6, 6.07) is 9.17. The average Bonchev–Trinajstić information content (AvgIpc) is 2.74. The van der Waals surface area contributed by atoms with Crippen molar-refractivity contribution in [3.05, 3.63) is 58.9 Å². The van der Waals surface area contributed by atoms with Crippen LogP contribution in [-0.2, 0) is 24.3 Å². The number of carbonyl (C=O) groups is 2. The SMILES string of the molecule is O=C(COC(=O)c1cc(S(=O)(=O)N2CCOCC2)ccc1Cl)Nc1ccccc1F. The first-order valence-electron chi connectivity index (χ1n) is 8.88. The van der Waals surface area contributed by atoms with Crippen molar-refractivity contribution >= 4 is 39.2 Å². The molecule has 3 rings (SSSR count). The number of amides is 1. The Hall–Kier alpha value is -2.53. The van der Waals surface area contributed by atoms with Crippen LogP contribution in [0.25, 0.3) is 0 Å². The Balaban J connectivity index is 1.69. The number of ether oxygens (including phenoxy) is 2. The van der Waals surface area contributed by atoms with Crippen LogP contribution in [0, 0.1) is 5.82 Å². The quantitative estimate of drug-likeness (QED) is 0.669. The second-order valence-corrected chi connectivity index (χ2v) is 8.61. The Morgan fingerprint density at radius 1 is 1.17 bits per heavy atom. The van der Waals surface area contributed by atoms with Crippen LogP contribution < -0.4 is 5.32 Å². The van der Waals surface area contributed by atoms with Gasteiger partial charge in [0, 0.05) is 13.1 Å². The predicted molar refractivity (Wildman–Crippen MR) is 106 cm³/mol. The maximum absolute atomic E-state index is 13.6. The number of rotatable bonds is 6. The number of hydrogen-bond donors (Lipinski definition) is 1. The van der Waals surface area contributed by atoms with Crippen molar-refractivity contribution < 1.29 is 31.9 Å². The molecule has 1 aliphatic rings. The summed E-state index contributed by atoms with van der Waals surface area (Å²) in [4.78, 5) is 24.1. The second kappa shape index (κ2) is 9.52. The normalized spacial score (nSPS) is 14.9. The van der Waals surface area contributed by atoms with Crippen LogP contribution in [-0.4, -0.2) is 57.5 Å². The van der Waals surface area contributed by atoms with Gasteiger partial charge in [0.05, 0.1) is 34.4 Å². The van der Waals surface area contributed by atoms with Gasteiger partial charge >= 0.3 is 5.97 Å². The van der Waals surface area contributed by atoms with Crippen molar-refractivity contribution in [2.24, 2.45) is 0 Å². The number of morpholine rings is 1. The highest BCUT2D eigenvalue weighted by Gasteiger charge is 2.28. The molecule has 1 aliphatic heterocycles. The summed E-state index contributed by atoms with van der Waals surface area (Å²) in [5.41, 5.74) is -0.264. The number of sulfonamides is 1. The molecule has 1 N–H and O–H groups in total. The number of nitrogens with one attached hydrogen (secondary N) is 1. The first kappa shape index (κ1) is 22.2. The van der Waals surface area contributed by atoms with E-state index in [4.69, 9.17) is 21.1 Å². The number of hydrogen-bond acceptors (Lipinski definition) is 6. The molecular formula is C19H18ClFN2O6S. The Labute approximate surface area is 177 Å². The monoisotopic (exact) mass is 456 g/mol. The summed E-state index contributed by atoms with van der Waals surface area (Å²) in [6.45, 7) is 0.240. The van der Waals surface area contributed by atoms with Gasteiger partial charge in [-0.1, -0.05) is 23.7 Å². The molecule has 11 heteroatoms. The molecule has 0 unspecified atom stereocenters. The van der Waals surface area contributed by atoms with Crippen molar-refractivity contribution in [3.63, 3.8) is 0 Å². The third-order valence-corrected chi connectivity index (χ3v) is 6.47. The molecule has 0 saturated carbocycles. The van der Waals surface area contributed by atoms with E-state index in [2.05, 4.69) is 5.32 Å². The van der Waals surface area contributed by atoms with E-state index in [0.29, 0.717) is 0 Å². The molecule has 0 bridgehead atoms. The topological polar surface area (TPSA) is 102 Å². The smallest absolute Gasteiger partial charge is 0.340 e. The van der Waals surface area contributed by atoms with Gasteiger partial charge in [0.2, 0.25) is 10.0 Å². The zero-order chi connectivity index (χ0) is 21.7. The zero-order valence-electron chi connectivity index (χ0n) is 15.6. The van der Waals surface area contributed by atoms with Crippen LogP contribution in [0.2, 0.25) is 5.02 Å². The molecule has 1 amide bonds. The van der Waals surface area contributed by atoms with E-state index in [1.165, 1.54) is 40.7 Å². The largest absolute Gasteiger partial charge is 0.452 e. The van der Waals surface area contributed by atoms with Gasteiger partial charge in [0.25, 0.3) is 5.91 Å². The predicted octanol–water partition coefficient (Wildman–Crippen LogP) is 2.30. The molecule has 1 fully saturated rings. The van der Waals surface area contributed by atoms with E-state index in [1.807, 2.05) is 0 Å². The van der Waals surface area contributed by atoms with Crippen LogP contribution in [0.1, 0.15) is 10.4 Å². The number of halogens is 2. The fourth-order valence-corrected chi connectivity index (χ4v) is 4.34. The van der Waals surface area contributed by atoms with E-state index < -0.39 is 34.3 Å². The number of esters is 1. The lowest BCUT2D eigenvalue weighted by Gasteiger charge is -2.26. The Morgan fingerprint density at radius 3 is 2.57 bits per heavy atom. The zero-order valence-corrected chi connectivity index (χ0v) is 17.2. The van der Waals surface area contributed by atoms with Gasteiger partial charge in [-0.15, -0.1) is 0 Å². The lowest BCUT2D eigenvalue weighted by Crippen LogP contribution is -2.40. The van der Waals surface area contributed by atoms with Gasteiger partial charge in [-0.3, -0.25) is 4.79 Å². The Morgan fingerprint density at radius 2 is 1.87 bits per heavy atom. The number of nitrogens with zero attached hydrogens (tertiary/aromatic N) is 1. The van der Waals surface area contributed by atoms with Crippen LogP contribution >= 0.6 is 11.6 Å². The first-order valence-corrected chi connectivity index (χ1v) is 10.7. The molecular weight excluding hydrogens is 439 g/mol.